The highest BCUT2D eigenvalue weighted by atomic mass is 16.4. The molecule has 4 nitrogen and oxygen atoms in total. The van der Waals surface area contributed by atoms with Crippen molar-refractivity contribution in [3.63, 3.8) is 0 Å². The number of benzene rings is 1. The predicted molar refractivity (Wildman–Crippen MR) is 128 cm³/mol. The molecule has 0 saturated heterocycles. The molecule has 0 heterocycles. The van der Waals surface area contributed by atoms with Crippen molar-refractivity contribution >= 4 is 17.6 Å². The zero-order valence-corrected chi connectivity index (χ0v) is 19.4. The maximum absolute atomic E-state index is 12.2. The Morgan fingerprint density at radius 3 is 2.58 bits per heavy atom. The Morgan fingerprint density at radius 2 is 1.90 bits per heavy atom. The Bertz CT molecular complexity index is 945. The van der Waals surface area contributed by atoms with E-state index in [0.29, 0.717) is 11.1 Å². The van der Waals surface area contributed by atoms with Gasteiger partial charge in [-0.15, -0.1) is 0 Å². The first-order valence-corrected chi connectivity index (χ1v) is 10.9. The number of aromatic carboxylic acids is 1. The van der Waals surface area contributed by atoms with Crippen LogP contribution in [-0.4, -0.2) is 17.0 Å². The van der Waals surface area contributed by atoms with Crippen LogP contribution in [0.5, 0.6) is 0 Å². The molecule has 1 aromatic rings. The third-order valence-electron chi connectivity index (χ3n) is 5.97. The lowest BCUT2D eigenvalue weighted by Crippen LogP contribution is -2.20. The first-order chi connectivity index (χ1) is 14.6. The molecule has 0 aliphatic heterocycles. The maximum atomic E-state index is 12.2. The van der Waals surface area contributed by atoms with E-state index in [1.165, 1.54) is 37.0 Å². The molecule has 4 heteroatoms. The van der Waals surface area contributed by atoms with E-state index in [-0.39, 0.29) is 11.5 Å². The molecule has 0 unspecified atom stereocenters. The second-order valence-corrected chi connectivity index (χ2v) is 9.10. The monoisotopic (exact) mass is 421 g/mol. The quantitative estimate of drug-likeness (QED) is 0.268. The van der Waals surface area contributed by atoms with E-state index in [1.807, 2.05) is 19.1 Å². The number of hydrogen-bond donors (Lipinski definition) is 2. The first kappa shape index (κ1) is 24.4. The van der Waals surface area contributed by atoms with Crippen LogP contribution < -0.4 is 5.32 Å². The summed E-state index contributed by atoms with van der Waals surface area (Å²) in [7, 11) is 0. The van der Waals surface area contributed by atoms with Gasteiger partial charge in [0.1, 0.15) is 0 Å². The van der Waals surface area contributed by atoms with E-state index in [4.69, 9.17) is 0 Å². The van der Waals surface area contributed by atoms with Gasteiger partial charge < -0.3 is 10.4 Å². The van der Waals surface area contributed by atoms with Gasteiger partial charge in [-0.25, -0.2) is 4.79 Å². The van der Waals surface area contributed by atoms with Gasteiger partial charge in [-0.1, -0.05) is 60.9 Å². The van der Waals surface area contributed by atoms with Gasteiger partial charge in [-0.3, -0.25) is 4.79 Å². The predicted octanol–water partition coefficient (Wildman–Crippen LogP) is 7.08. The van der Waals surface area contributed by atoms with Crippen LogP contribution in [0.2, 0.25) is 0 Å². The number of carbonyl (C=O) groups excluding carboxylic acids is 1. The summed E-state index contributed by atoms with van der Waals surface area (Å²) in [5, 5.41) is 11.9. The molecular weight excluding hydrogens is 386 g/mol. The topological polar surface area (TPSA) is 66.4 Å². The number of carboxylic acids is 1. The first-order valence-electron chi connectivity index (χ1n) is 10.9. The molecule has 31 heavy (non-hydrogen) atoms. The standard InChI is InChI=1S/C27H35NO3/c1-19(15-16-23-21(3)12-9-17-27(23,4)5)10-8-11-20(2)18-25(29)28-24-14-7-6-13-22(24)26(30)31/h6-8,10-11,13-14,18H,9,12,15-17H2,1-5H3,(H,28,29)(H,30,31)/b11-8+,19-10+,20-18+. The van der Waals surface area contributed by atoms with Crippen molar-refractivity contribution in [2.75, 3.05) is 5.32 Å². The molecule has 2 N–H and O–H groups in total. The number of hydrogen-bond acceptors (Lipinski definition) is 2. The largest absolute Gasteiger partial charge is 0.478 e. The Kier molecular flexibility index (Phi) is 8.61. The van der Waals surface area contributed by atoms with Crippen molar-refractivity contribution < 1.29 is 14.7 Å². The highest BCUT2D eigenvalue weighted by molar-refractivity contribution is 6.04. The molecule has 1 aliphatic rings. The van der Waals surface area contributed by atoms with Crippen LogP contribution in [0, 0.1) is 5.41 Å². The SMILES string of the molecule is CC1=C(CC/C(C)=C/C=C/C(C)=C/C(=O)Nc2ccccc2C(=O)O)C(C)(C)CCC1. The van der Waals surface area contributed by atoms with Gasteiger partial charge in [-0.2, -0.15) is 0 Å². The van der Waals surface area contributed by atoms with E-state index in [2.05, 4.69) is 39.1 Å². The fraction of sp³-hybridized carbons (Fsp3) is 0.407. The van der Waals surface area contributed by atoms with Crippen molar-refractivity contribution in [2.24, 2.45) is 5.41 Å². The van der Waals surface area contributed by atoms with Crippen molar-refractivity contribution in [3.05, 3.63) is 76.4 Å². The molecule has 0 fully saturated rings. The molecule has 0 radical (unpaired) electrons. The summed E-state index contributed by atoms with van der Waals surface area (Å²) in [4.78, 5) is 23.5. The van der Waals surface area contributed by atoms with Crippen LogP contribution in [0.15, 0.2) is 70.9 Å². The number of carbonyl (C=O) groups is 2. The second-order valence-electron chi connectivity index (χ2n) is 9.10. The molecule has 1 amide bonds. The Labute approximate surface area is 186 Å². The molecular formula is C27H35NO3. The van der Waals surface area contributed by atoms with Gasteiger partial charge in [0.05, 0.1) is 11.3 Å². The van der Waals surface area contributed by atoms with Crippen molar-refractivity contribution in [1.29, 1.82) is 0 Å². The fourth-order valence-electron chi connectivity index (χ4n) is 4.20. The van der Waals surface area contributed by atoms with Crippen molar-refractivity contribution in [3.8, 4) is 0 Å². The van der Waals surface area contributed by atoms with E-state index in [1.54, 1.807) is 29.3 Å². The van der Waals surface area contributed by atoms with Crippen LogP contribution in [0.4, 0.5) is 5.69 Å². The Morgan fingerprint density at radius 1 is 1.19 bits per heavy atom. The normalized spacial score (nSPS) is 17.2. The molecule has 0 aromatic heterocycles. The summed E-state index contributed by atoms with van der Waals surface area (Å²) in [5.74, 6) is -1.42. The number of amides is 1. The summed E-state index contributed by atoms with van der Waals surface area (Å²) < 4.78 is 0. The van der Waals surface area contributed by atoms with Crippen LogP contribution in [0.25, 0.3) is 0 Å². The average Bonchev–Trinajstić information content (AvgIpc) is 2.67. The fourth-order valence-corrected chi connectivity index (χ4v) is 4.20. The minimum atomic E-state index is -1.07. The van der Waals surface area contributed by atoms with Gasteiger partial charge in [0.25, 0.3) is 0 Å². The summed E-state index contributed by atoms with van der Waals surface area (Å²) in [6.45, 7) is 11.0. The summed E-state index contributed by atoms with van der Waals surface area (Å²) >= 11 is 0. The molecule has 0 spiro atoms. The van der Waals surface area contributed by atoms with Crippen LogP contribution in [-0.2, 0) is 4.79 Å². The third kappa shape index (κ3) is 7.39. The number of nitrogens with one attached hydrogen (secondary N) is 1. The van der Waals surface area contributed by atoms with E-state index >= 15 is 0 Å². The highest BCUT2D eigenvalue weighted by Gasteiger charge is 2.27. The maximum Gasteiger partial charge on any atom is 0.337 e. The number of para-hydroxylation sites is 1. The molecule has 1 aliphatic carbocycles. The lowest BCUT2D eigenvalue weighted by Gasteiger charge is -2.34. The smallest absolute Gasteiger partial charge is 0.337 e. The van der Waals surface area contributed by atoms with Gasteiger partial charge >= 0.3 is 5.97 Å². The molecule has 0 bridgehead atoms. The zero-order chi connectivity index (χ0) is 23.0. The van der Waals surface area contributed by atoms with E-state index in [9.17, 15) is 14.7 Å². The lowest BCUT2D eigenvalue weighted by atomic mass is 9.71. The van der Waals surface area contributed by atoms with Crippen molar-refractivity contribution in [2.45, 2.75) is 66.7 Å². The molecule has 2 rings (SSSR count). The minimum Gasteiger partial charge on any atom is -0.478 e. The summed E-state index contributed by atoms with van der Waals surface area (Å²) in [5.41, 5.74) is 5.96. The zero-order valence-electron chi connectivity index (χ0n) is 19.4. The average molecular weight is 422 g/mol. The Hall–Kier alpha value is -2.88. The van der Waals surface area contributed by atoms with E-state index < -0.39 is 5.97 Å². The van der Waals surface area contributed by atoms with Crippen LogP contribution in [0.1, 0.15) is 77.1 Å². The van der Waals surface area contributed by atoms with Crippen LogP contribution in [0.3, 0.4) is 0 Å². The van der Waals surface area contributed by atoms with Gasteiger partial charge in [0.15, 0.2) is 0 Å². The Balaban J connectivity index is 1.94. The second kappa shape index (κ2) is 10.9. The lowest BCUT2D eigenvalue weighted by molar-refractivity contribution is -0.111. The number of anilines is 1. The number of rotatable bonds is 8. The van der Waals surface area contributed by atoms with Gasteiger partial charge in [-0.05, 0) is 76.0 Å². The molecule has 0 atom stereocenters. The van der Waals surface area contributed by atoms with E-state index in [0.717, 1.165) is 18.4 Å². The van der Waals surface area contributed by atoms with Gasteiger partial charge in [0, 0.05) is 6.08 Å². The molecule has 0 saturated carbocycles. The number of carboxylic acid groups (broad SMARTS) is 1. The number of allylic oxidation sites excluding steroid dienone is 7. The highest BCUT2D eigenvalue weighted by Crippen LogP contribution is 2.42. The third-order valence-corrected chi connectivity index (χ3v) is 5.97. The van der Waals surface area contributed by atoms with Crippen molar-refractivity contribution in [1.82, 2.24) is 0 Å². The summed E-state index contributed by atoms with van der Waals surface area (Å²) in [6.07, 6.45) is 13.4. The minimum absolute atomic E-state index is 0.0718. The van der Waals surface area contributed by atoms with Crippen LogP contribution >= 0.6 is 0 Å². The molecule has 166 valence electrons. The summed E-state index contributed by atoms with van der Waals surface area (Å²) in [6, 6.07) is 6.37. The van der Waals surface area contributed by atoms with Gasteiger partial charge in [0.2, 0.25) is 5.91 Å². The molecule has 1 aromatic carbocycles.